The predicted octanol–water partition coefficient (Wildman–Crippen LogP) is 3.56. The highest BCUT2D eigenvalue weighted by Gasteiger charge is 2.15. The quantitative estimate of drug-likeness (QED) is 0.571. The number of para-hydroxylation sites is 1. The van der Waals surface area contributed by atoms with Gasteiger partial charge in [-0.3, -0.25) is 4.79 Å². The molecule has 4 rings (SSSR count). The first-order chi connectivity index (χ1) is 12.5. The molecule has 0 spiro atoms. The van der Waals surface area contributed by atoms with Crippen LogP contribution in [-0.2, 0) is 6.54 Å². The molecule has 0 bridgehead atoms. The van der Waals surface area contributed by atoms with E-state index in [4.69, 9.17) is 0 Å². The lowest BCUT2D eigenvalue weighted by molar-refractivity contribution is 0.632. The third-order valence-electron chi connectivity index (χ3n) is 4.69. The molecule has 0 unspecified atom stereocenters. The zero-order valence-corrected chi connectivity index (χ0v) is 15.1. The minimum Gasteiger partial charge on any atom is -0.265 e. The van der Waals surface area contributed by atoms with Crippen molar-refractivity contribution in [2.75, 3.05) is 0 Å². The smallest absolute Gasteiger partial charge is 0.265 e. The normalized spacial score (nSPS) is 11.2. The second-order valence-electron chi connectivity index (χ2n) is 6.63. The number of rotatable bonds is 3. The van der Waals surface area contributed by atoms with E-state index in [-0.39, 0.29) is 5.56 Å². The minimum atomic E-state index is -0.132. The summed E-state index contributed by atoms with van der Waals surface area (Å²) in [6, 6.07) is 16.0. The lowest BCUT2D eigenvalue weighted by Crippen LogP contribution is -2.26. The van der Waals surface area contributed by atoms with Gasteiger partial charge in [0.05, 0.1) is 24.1 Å². The molecular weight excluding hydrogens is 324 g/mol. The molecule has 0 amide bonds. The Morgan fingerprint density at radius 3 is 2.54 bits per heavy atom. The maximum Gasteiger partial charge on any atom is 0.293 e. The molecule has 0 fully saturated rings. The van der Waals surface area contributed by atoms with Crippen LogP contribution in [0.2, 0.25) is 0 Å². The first-order valence-electron chi connectivity index (χ1n) is 8.61. The average molecular weight is 344 g/mol. The van der Waals surface area contributed by atoms with E-state index < -0.39 is 0 Å². The first kappa shape index (κ1) is 16.3. The lowest BCUT2D eigenvalue weighted by atomic mass is 10.1. The third-order valence-corrected chi connectivity index (χ3v) is 4.69. The summed E-state index contributed by atoms with van der Waals surface area (Å²) in [4.78, 5) is 13.2. The van der Waals surface area contributed by atoms with Gasteiger partial charge in [-0.05, 0) is 44.0 Å². The topological polar surface area (TPSA) is 52.7 Å². The van der Waals surface area contributed by atoms with Crippen LogP contribution in [0.15, 0.2) is 59.5 Å². The summed E-state index contributed by atoms with van der Waals surface area (Å²) in [6.07, 6.45) is 1.72. The third kappa shape index (κ3) is 2.71. The summed E-state index contributed by atoms with van der Waals surface area (Å²) >= 11 is 0. The standard InChI is InChI=1S/C21H20N4O/c1-14-9-10-15(2)17(11-14)13-24-21(26)20-19(16(3)23-24)12-22-25(20)18-7-5-4-6-8-18/h4-12H,13H2,1-3H3. The summed E-state index contributed by atoms with van der Waals surface area (Å²) in [6.45, 7) is 6.47. The number of benzene rings is 2. The van der Waals surface area contributed by atoms with Gasteiger partial charge in [-0.15, -0.1) is 0 Å². The molecule has 2 aromatic heterocycles. The van der Waals surface area contributed by atoms with Crippen molar-refractivity contribution in [3.63, 3.8) is 0 Å². The molecule has 26 heavy (non-hydrogen) atoms. The Labute approximate surface area is 151 Å². The van der Waals surface area contributed by atoms with Gasteiger partial charge in [0.25, 0.3) is 5.56 Å². The van der Waals surface area contributed by atoms with Gasteiger partial charge < -0.3 is 0 Å². The molecule has 5 heteroatoms. The fourth-order valence-electron chi connectivity index (χ4n) is 3.23. The van der Waals surface area contributed by atoms with Gasteiger partial charge in [-0.25, -0.2) is 9.36 Å². The number of aryl methyl sites for hydroxylation is 3. The van der Waals surface area contributed by atoms with E-state index in [0.29, 0.717) is 12.1 Å². The van der Waals surface area contributed by atoms with Crippen LogP contribution in [0.5, 0.6) is 0 Å². The van der Waals surface area contributed by atoms with Gasteiger partial charge in [-0.2, -0.15) is 10.2 Å². The number of nitrogens with zero attached hydrogens (tertiary/aromatic N) is 4. The van der Waals surface area contributed by atoms with E-state index in [1.807, 2.05) is 37.3 Å². The molecular formula is C21H20N4O. The molecule has 0 N–H and O–H groups in total. The van der Waals surface area contributed by atoms with Crippen molar-refractivity contribution >= 4 is 10.9 Å². The minimum absolute atomic E-state index is 0.132. The first-order valence-corrected chi connectivity index (χ1v) is 8.61. The van der Waals surface area contributed by atoms with Gasteiger partial charge in [-0.1, -0.05) is 42.0 Å². The van der Waals surface area contributed by atoms with Gasteiger partial charge in [0.2, 0.25) is 0 Å². The average Bonchev–Trinajstić information content (AvgIpc) is 3.09. The van der Waals surface area contributed by atoms with Gasteiger partial charge in [0.1, 0.15) is 5.52 Å². The molecule has 0 atom stereocenters. The number of fused-ring (bicyclic) bond motifs is 1. The van der Waals surface area contributed by atoms with Crippen LogP contribution in [0.1, 0.15) is 22.4 Å². The van der Waals surface area contributed by atoms with E-state index in [9.17, 15) is 4.79 Å². The highest BCUT2D eigenvalue weighted by molar-refractivity contribution is 5.81. The molecule has 0 saturated carbocycles. The Hall–Kier alpha value is -3.21. The number of hydrogen-bond donors (Lipinski definition) is 0. The predicted molar refractivity (Wildman–Crippen MR) is 103 cm³/mol. The van der Waals surface area contributed by atoms with Crippen LogP contribution in [-0.4, -0.2) is 19.6 Å². The highest BCUT2D eigenvalue weighted by Crippen LogP contribution is 2.18. The monoisotopic (exact) mass is 344 g/mol. The maximum atomic E-state index is 13.2. The largest absolute Gasteiger partial charge is 0.293 e. The van der Waals surface area contributed by atoms with Gasteiger partial charge in [0, 0.05) is 5.39 Å². The Bertz CT molecular complexity index is 1160. The fraction of sp³-hybridized carbons (Fsp3) is 0.190. The Balaban J connectivity index is 1.91. The van der Waals surface area contributed by atoms with E-state index in [2.05, 4.69) is 42.2 Å². The number of hydrogen-bond acceptors (Lipinski definition) is 3. The summed E-state index contributed by atoms with van der Waals surface area (Å²) in [7, 11) is 0. The molecule has 2 aromatic carbocycles. The second kappa shape index (κ2) is 6.26. The van der Waals surface area contributed by atoms with Crippen molar-refractivity contribution < 1.29 is 0 Å². The van der Waals surface area contributed by atoms with Gasteiger partial charge >= 0.3 is 0 Å². The maximum absolute atomic E-state index is 13.2. The Morgan fingerprint density at radius 2 is 1.77 bits per heavy atom. The van der Waals surface area contributed by atoms with E-state index in [1.54, 1.807) is 15.6 Å². The molecule has 0 saturated heterocycles. The molecule has 0 aliphatic carbocycles. The van der Waals surface area contributed by atoms with Crippen molar-refractivity contribution in [3.05, 3.63) is 87.5 Å². The fourth-order valence-corrected chi connectivity index (χ4v) is 3.23. The van der Waals surface area contributed by atoms with Crippen molar-refractivity contribution in [3.8, 4) is 5.69 Å². The van der Waals surface area contributed by atoms with Crippen molar-refractivity contribution in [2.45, 2.75) is 27.3 Å². The Morgan fingerprint density at radius 1 is 1.00 bits per heavy atom. The molecule has 0 aliphatic heterocycles. The second-order valence-corrected chi connectivity index (χ2v) is 6.63. The van der Waals surface area contributed by atoms with E-state index in [1.165, 1.54) is 5.56 Å². The summed E-state index contributed by atoms with van der Waals surface area (Å²) < 4.78 is 3.24. The molecule has 2 heterocycles. The molecule has 4 aromatic rings. The summed E-state index contributed by atoms with van der Waals surface area (Å²) in [5.41, 5.74) is 5.52. The molecule has 5 nitrogen and oxygen atoms in total. The molecule has 0 aliphatic rings. The Kier molecular flexibility index (Phi) is 3.92. The van der Waals surface area contributed by atoms with Crippen LogP contribution < -0.4 is 5.56 Å². The van der Waals surface area contributed by atoms with Crippen LogP contribution in [0.4, 0.5) is 0 Å². The SMILES string of the molecule is Cc1ccc(C)c(Cn2nc(C)c3cnn(-c4ccccc4)c3c2=O)c1. The zero-order chi connectivity index (χ0) is 18.3. The summed E-state index contributed by atoms with van der Waals surface area (Å²) in [5, 5.41) is 9.74. The molecule has 0 radical (unpaired) electrons. The summed E-state index contributed by atoms with van der Waals surface area (Å²) in [5.74, 6) is 0. The molecule has 130 valence electrons. The highest BCUT2D eigenvalue weighted by atomic mass is 16.1. The van der Waals surface area contributed by atoms with Crippen molar-refractivity contribution in [1.29, 1.82) is 0 Å². The van der Waals surface area contributed by atoms with E-state index in [0.717, 1.165) is 27.9 Å². The van der Waals surface area contributed by atoms with Crippen LogP contribution in [0, 0.1) is 20.8 Å². The van der Waals surface area contributed by atoms with Crippen molar-refractivity contribution in [2.24, 2.45) is 0 Å². The van der Waals surface area contributed by atoms with Gasteiger partial charge in [0.15, 0.2) is 0 Å². The zero-order valence-electron chi connectivity index (χ0n) is 15.1. The van der Waals surface area contributed by atoms with E-state index >= 15 is 0 Å². The van der Waals surface area contributed by atoms with Crippen LogP contribution in [0.3, 0.4) is 0 Å². The number of aromatic nitrogens is 4. The van der Waals surface area contributed by atoms with Crippen LogP contribution >= 0.6 is 0 Å². The van der Waals surface area contributed by atoms with Crippen molar-refractivity contribution in [1.82, 2.24) is 19.6 Å². The van der Waals surface area contributed by atoms with Crippen LogP contribution in [0.25, 0.3) is 16.6 Å². The lowest BCUT2D eigenvalue weighted by Gasteiger charge is -2.11.